The van der Waals surface area contributed by atoms with Crippen LogP contribution < -0.4 is 20.1 Å². The maximum atomic E-state index is 12.2. The van der Waals surface area contributed by atoms with Gasteiger partial charge in [0.25, 0.3) is 0 Å². The van der Waals surface area contributed by atoms with Crippen molar-refractivity contribution in [3.63, 3.8) is 0 Å². The maximum absolute atomic E-state index is 12.2. The minimum Gasteiger partial charge on any atom is -0.493 e. The Morgan fingerprint density at radius 3 is 2.62 bits per heavy atom. The van der Waals surface area contributed by atoms with E-state index in [2.05, 4.69) is 32.5 Å². The molecule has 1 aromatic heterocycles. The van der Waals surface area contributed by atoms with Crippen molar-refractivity contribution in [2.75, 3.05) is 71.2 Å². The van der Waals surface area contributed by atoms with Crippen molar-refractivity contribution in [1.82, 2.24) is 19.8 Å². The summed E-state index contributed by atoms with van der Waals surface area (Å²) in [5, 5.41) is 6.77. The summed E-state index contributed by atoms with van der Waals surface area (Å²) in [7, 11) is 5.37. The number of nitrogens with zero attached hydrogens (tertiary/aromatic N) is 4. The number of methoxy groups -OCH3 is 1. The summed E-state index contributed by atoms with van der Waals surface area (Å²) in [4.78, 5) is 36.8. The first-order chi connectivity index (χ1) is 19.0. The van der Waals surface area contributed by atoms with E-state index in [0.29, 0.717) is 23.9 Å². The fraction of sp³-hybridized carbons (Fsp3) is 0.571. The van der Waals surface area contributed by atoms with Gasteiger partial charge in [-0.2, -0.15) is 0 Å². The quantitative estimate of drug-likeness (QED) is 0.348. The number of likely N-dealkylation sites (N-methyl/N-ethyl adjacent to an activating group) is 1. The summed E-state index contributed by atoms with van der Waals surface area (Å²) in [5.74, 6) is 2.11. The highest BCUT2D eigenvalue weighted by molar-refractivity contribution is 5.72. The van der Waals surface area contributed by atoms with E-state index in [1.807, 2.05) is 26.8 Å². The van der Waals surface area contributed by atoms with Crippen LogP contribution in [0.15, 0.2) is 24.5 Å². The van der Waals surface area contributed by atoms with Gasteiger partial charge in [0.2, 0.25) is 0 Å². The fourth-order valence-electron chi connectivity index (χ4n) is 4.32. The van der Waals surface area contributed by atoms with E-state index >= 15 is 0 Å². The fourth-order valence-corrected chi connectivity index (χ4v) is 4.32. The maximum Gasteiger partial charge on any atom is 0.410 e. The SMILES string of the molecule is CCOC(=O)COc1cc(Nc2ncnc3c2C(CN(C)CCCN(C)C(=O)OC(C)(C)C)CN3)ccc1OC. The van der Waals surface area contributed by atoms with Gasteiger partial charge in [0.05, 0.1) is 13.7 Å². The predicted octanol–water partition coefficient (Wildman–Crippen LogP) is 3.87. The minimum atomic E-state index is -0.512. The van der Waals surface area contributed by atoms with Crippen LogP contribution in [0.25, 0.3) is 0 Å². The van der Waals surface area contributed by atoms with Gasteiger partial charge in [0.1, 0.15) is 23.6 Å². The van der Waals surface area contributed by atoms with Crippen LogP contribution in [-0.4, -0.2) is 98.0 Å². The molecule has 1 aliphatic rings. The second-order valence-electron chi connectivity index (χ2n) is 10.7. The first kappa shape index (κ1) is 30.7. The Hall–Kier alpha value is -3.80. The smallest absolute Gasteiger partial charge is 0.410 e. The average Bonchev–Trinajstić information content (AvgIpc) is 3.30. The number of benzene rings is 1. The highest BCUT2D eigenvalue weighted by atomic mass is 16.6. The zero-order chi connectivity index (χ0) is 29.3. The van der Waals surface area contributed by atoms with Crippen molar-refractivity contribution < 1.29 is 28.5 Å². The van der Waals surface area contributed by atoms with E-state index in [-0.39, 0.29) is 25.2 Å². The number of fused-ring (bicyclic) bond motifs is 1. The standard InChI is InChI=1S/C28H42N6O6/c1-8-38-23(35)17-39-22-14-20(10-11-21(22)37-7)32-26-24-19(15-29-25(24)30-18-31-26)16-33(5)12-9-13-34(6)27(36)40-28(2,3)4/h10-11,14,18-19H,8-9,12-13,15-17H2,1-7H3,(H2,29,30,31,32). The molecular weight excluding hydrogens is 516 g/mol. The van der Waals surface area contributed by atoms with Crippen molar-refractivity contribution in [3.8, 4) is 11.5 Å². The number of esters is 1. The van der Waals surface area contributed by atoms with E-state index in [1.165, 1.54) is 6.33 Å². The molecule has 12 heteroatoms. The normalized spacial score (nSPS) is 14.2. The number of carbonyl (C=O) groups excluding carboxylic acids is 2. The molecule has 0 aliphatic carbocycles. The van der Waals surface area contributed by atoms with Crippen molar-refractivity contribution in [2.45, 2.75) is 45.6 Å². The highest BCUT2D eigenvalue weighted by Crippen LogP contribution is 2.37. The number of nitrogens with one attached hydrogen (secondary N) is 2. The van der Waals surface area contributed by atoms with Crippen molar-refractivity contribution >= 4 is 29.4 Å². The lowest BCUT2D eigenvalue weighted by Crippen LogP contribution is -2.36. The Bertz CT molecular complexity index is 1150. The van der Waals surface area contributed by atoms with Crippen LogP contribution in [-0.2, 0) is 14.3 Å². The van der Waals surface area contributed by atoms with Gasteiger partial charge in [-0.15, -0.1) is 0 Å². The molecule has 0 radical (unpaired) electrons. The first-order valence-corrected chi connectivity index (χ1v) is 13.5. The molecule has 2 heterocycles. The summed E-state index contributed by atoms with van der Waals surface area (Å²) >= 11 is 0. The van der Waals surface area contributed by atoms with E-state index in [0.717, 1.165) is 43.1 Å². The number of amides is 1. The van der Waals surface area contributed by atoms with Crippen molar-refractivity contribution in [2.24, 2.45) is 0 Å². The number of aromatic nitrogens is 2. The molecule has 1 atom stereocenters. The topological polar surface area (TPSA) is 127 Å². The van der Waals surface area contributed by atoms with Crippen molar-refractivity contribution in [3.05, 3.63) is 30.1 Å². The van der Waals surface area contributed by atoms with E-state index in [1.54, 1.807) is 38.1 Å². The molecule has 0 saturated heterocycles. The van der Waals surface area contributed by atoms with Crippen LogP contribution >= 0.6 is 0 Å². The summed E-state index contributed by atoms with van der Waals surface area (Å²) in [6.45, 7) is 10.3. The van der Waals surface area contributed by atoms with Crippen LogP contribution in [0.2, 0.25) is 0 Å². The Balaban J connectivity index is 1.63. The van der Waals surface area contributed by atoms with E-state index < -0.39 is 11.6 Å². The molecule has 1 unspecified atom stereocenters. The van der Waals surface area contributed by atoms with Gasteiger partial charge in [-0.05, 0) is 59.8 Å². The van der Waals surface area contributed by atoms with Gasteiger partial charge in [0.15, 0.2) is 18.1 Å². The molecule has 0 bridgehead atoms. The summed E-state index contributed by atoms with van der Waals surface area (Å²) in [5.41, 5.74) is 1.22. The molecular formula is C28H42N6O6. The number of hydrogen-bond donors (Lipinski definition) is 2. The first-order valence-electron chi connectivity index (χ1n) is 13.5. The van der Waals surface area contributed by atoms with Gasteiger partial charge >= 0.3 is 12.1 Å². The Morgan fingerprint density at radius 2 is 1.93 bits per heavy atom. The Morgan fingerprint density at radius 1 is 1.15 bits per heavy atom. The van der Waals surface area contributed by atoms with Crippen LogP contribution in [0, 0.1) is 0 Å². The zero-order valence-electron chi connectivity index (χ0n) is 24.6. The molecule has 12 nitrogen and oxygen atoms in total. The third-order valence-electron chi connectivity index (χ3n) is 6.16. The third kappa shape index (κ3) is 8.87. The predicted molar refractivity (Wildman–Crippen MR) is 153 cm³/mol. The average molecular weight is 559 g/mol. The van der Waals surface area contributed by atoms with E-state index in [9.17, 15) is 9.59 Å². The third-order valence-corrected chi connectivity index (χ3v) is 6.16. The molecule has 1 amide bonds. The lowest BCUT2D eigenvalue weighted by Gasteiger charge is -2.26. The lowest BCUT2D eigenvalue weighted by atomic mass is 10.0. The molecule has 220 valence electrons. The second kappa shape index (κ2) is 14.0. The minimum absolute atomic E-state index is 0.157. The monoisotopic (exact) mass is 558 g/mol. The molecule has 0 spiro atoms. The van der Waals surface area contributed by atoms with E-state index in [4.69, 9.17) is 18.9 Å². The largest absolute Gasteiger partial charge is 0.493 e. The summed E-state index contributed by atoms with van der Waals surface area (Å²) in [6, 6.07) is 5.38. The number of ether oxygens (including phenoxy) is 4. The van der Waals surface area contributed by atoms with Gasteiger partial charge in [0, 0.05) is 49.9 Å². The van der Waals surface area contributed by atoms with Gasteiger partial charge in [-0.1, -0.05) is 0 Å². The number of carbonyl (C=O) groups is 2. The molecule has 2 N–H and O–H groups in total. The Labute approximate surface area is 236 Å². The molecule has 3 rings (SSSR count). The molecule has 0 fully saturated rings. The molecule has 1 aromatic carbocycles. The van der Waals surface area contributed by atoms with Gasteiger partial charge in [-0.3, -0.25) is 0 Å². The number of anilines is 3. The van der Waals surface area contributed by atoms with Crippen LogP contribution in [0.1, 0.15) is 45.6 Å². The van der Waals surface area contributed by atoms with Crippen LogP contribution in [0.4, 0.5) is 22.1 Å². The molecule has 40 heavy (non-hydrogen) atoms. The summed E-state index contributed by atoms with van der Waals surface area (Å²) < 4.78 is 21.4. The highest BCUT2D eigenvalue weighted by Gasteiger charge is 2.29. The van der Waals surface area contributed by atoms with Gasteiger partial charge in [-0.25, -0.2) is 19.6 Å². The molecule has 1 aliphatic heterocycles. The van der Waals surface area contributed by atoms with Crippen LogP contribution in [0.3, 0.4) is 0 Å². The van der Waals surface area contributed by atoms with Gasteiger partial charge < -0.3 is 39.4 Å². The van der Waals surface area contributed by atoms with Crippen molar-refractivity contribution in [1.29, 1.82) is 0 Å². The zero-order valence-corrected chi connectivity index (χ0v) is 24.6. The molecule has 0 saturated carbocycles. The second-order valence-corrected chi connectivity index (χ2v) is 10.7. The molecule has 2 aromatic rings. The summed E-state index contributed by atoms with van der Waals surface area (Å²) in [6.07, 6.45) is 2.02. The lowest BCUT2D eigenvalue weighted by molar-refractivity contribution is -0.145. The number of hydrogen-bond acceptors (Lipinski definition) is 11. The Kier molecular flexibility index (Phi) is 10.8. The van der Waals surface area contributed by atoms with Crippen LogP contribution in [0.5, 0.6) is 11.5 Å². The number of rotatable bonds is 13.